The zero-order valence-corrected chi connectivity index (χ0v) is 33.2. The number of nitrogens with zero attached hydrogens (tertiary/aromatic N) is 2. The summed E-state index contributed by atoms with van der Waals surface area (Å²) < 4.78 is 2.53. The van der Waals surface area contributed by atoms with Gasteiger partial charge in [0.1, 0.15) is 0 Å². The quantitative estimate of drug-likeness (QED) is 0.175. The van der Waals surface area contributed by atoms with E-state index in [-0.39, 0.29) is 10.8 Å². The lowest BCUT2D eigenvalue weighted by molar-refractivity contribution is 0.601. The minimum absolute atomic E-state index is 0.295. The Balaban J connectivity index is 1.21. The minimum atomic E-state index is -0.354. The second-order valence-electron chi connectivity index (χ2n) is 17.3. The zero-order chi connectivity index (χ0) is 38.9. The van der Waals surface area contributed by atoms with Gasteiger partial charge in [-0.2, -0.15) is 0 Å². The van der Waals surface area contributed by atoms with Crippen LogP contribution < -0.4 is 4.90 Å². The van der Waals surface area contributed by atoms with E-state index in [0.717, 1.165) is 0 Å². The molecule has 0 unspecified atom stereocenters. The van der Waals surface area contributed by atoms with E-state index in [4.69, 9.17) is 0 Å². The predicted octanol–water partition coefficient (Wildman–Crippen LogP) is 15.2. The van der Waals surface area contributed by atoms with E-state index in [9.17, 15) is 0 Å². The number of anilines is 3. The molecule has 0 N–H and O–H groups in total. The molecule has 0 amide bonds. The van der Waals surface area contributed by atoms with Gasteiger partial charge in [0.05, 0.1) is 28.1 Å². The summed E-state index contributed by atoms with van der Waals surface area (Å²) in [5, 5.41) is 7.66. The van der Waals surface area contributed by atoms with Crippen molar-refractivity contribution in [1.29, 1.82) is 0 Å². The summed E-state index contributed by atoms with van der Waals surface area (Å²) in [6.45, 7) is 9.81. The van der Waals surface area contributed by atoms with Crippen LogP contribution in [0.2, 0.25) is 0 Å². The SMILES string of the molecule is CC1(C)c2cc(-c3cccc4ccccc34)ccc2N2c3ccc(-c4cccc5ccccc45)cc3C(C)(C)c3c2c1cc1c2ccccc2n(-c2ccccc2)c31. The first-order chi connectivity index (χ1) is 28.3. The fourth-order valence-corrected chi connectivity index (χ4v) is 10.7. The largest absolute Gasteiger partial charge is 0.309 e. The molecular weight excluding hydrogens is 701 g/mol. The Morgan fingerprint density at radius 2 is 0.914 bits per heavy atom. The van der Waals surface area contributed by atoms with Crippen molar-refractivity contribution in [2.24, 2.45) is 0 Å². The summed E-state index contributed by atoms with van der Waals surface area (Å²) in [4.78, 5) is 2.62. The van der Waals surface area contributed by atoms with Crippen molar-refractivity contribution in [3.8, 4) is 27.9 Å². The molecule has 10 aromatic rings. The molecule has 0 aliphatic carbocycles. The Morgan fingerprint density at radius 1 is 0.397 bits per heavy atom. The molecule has 2 heteroatoms. The van der Waals surface area contributed by atoms with Gasteiger partial charge in [-0.25, -0.2) is 0 Å². The Bertz CT molecular complexity index is 3320. The molecule has 58 heavy (non-hydrogen) atoms. The lowest BCUT2D eigenvalue weighted by atomic mass is 9.65. The number of hydrogen-bond acceptors (Lipinski definition) is 1. The molecule has 2 nitrogen and oxygen atoms in total. The average molecular weight is 743 g/mol. The molecule has 3 heterocycles. The molecule has 0 radical (unpaired) electrons. The first-order valence-corrected chi connectivity index (χ1v) is 20.5. The van der Waals surface area contributed by atoms with Gasteiger partial charge in [-0.05, 0) is 109 Å². The van der Waals surface area contributed by atoms with Crippen LogP contribution in [0.15, 0.2) is 182 Å². The van der Waals surface area contributed by atoms with Crippen LogP contribution in [-0.4, -0.2) is 4.57 Å². The maximum Gasteiger partial charge on any atom is 0.0603 e. The van der Waals surface area contributed by atoms with Gasteiger partial charge in [0.15, 0.2) is 0 Å². The Kier molecular flexibility index (Phi) is 6.78. The summed E-state index contributed by atoms with van der Waals surface area (Å²) in [6.07, 6.45) is 0. The maximum absolute atomic E-state index is 2.62. The normalized spacial score (nSPS) is 14.8. The van der Waals surface area contributed by atoms with E-state index >= 15 is 0 Å². The predicted molar refractivity (Wildman–Crippen MR) is 246 cm³/mol. The third kappa shape index (κ3) is 4.43. The summed E-state index contributed by atoms with van der Waals surface area (Å²) in [5.41, 5.74) is 17.3. The zero-order valence-electron chi connectivity index (χ0n) is 33.2. The molecule has 0 spiro atoms. The van der Waals surface area contributed by atoms with Gasteiger partial charge in [-0.1, -0.05) is 161 Å². The first kappa shape index (κ1) is 33.3. The van der Waals surface area contributed by atoms with Gasteiger partial charge in [-0.3, -0.25) is 0 Å². The fraction of sp³-hybridized carbons (Fsp3) is 0.107. The van der Waals surface area contributed by atoms with Crippen molar-refractivity contribution in [2.45, 2.75) is 38.5 Å². The van der Waals surface area contributed by atoms with E-state index in [1.54, 1.807) is 0 Å². The second-order valence-corrected chi connectivity index (χ2v) is 17.3. The summed E-state index contributed by atoms with van der Waals surface area (Å²) in [5.74, 6) is 0. The third-order valence-corrected chi connectivity index (χ3v) is 13.5. The first-order valence-electron chi connectivity index (χ1n) is 20.5. The van der Waals surface area contributed by atoms with Crippen molar-refractivity contribution in [3.05, 3.63) is 204 Å². The molecule has 2 aliphatic rings. The third-order valence-electron chi connectivity index (χ3n) is 13.5. The molecule has 0 fully saturated rings. The highest BCUT2D eigenvalue weighted by molar-refractivity contribution is 6.15. The summed E-state index contributed by atoms with van der Waals surface area (Å²) in [6, 6.07) is 67.9. The van der Waals surface area contributed by atoms with E-state index in [2.05, 4.69) is 219 Å². The molecular formula is C56H42N2. The van der Waals surface area contributed by atoms with Crippen molar-refractivity contribution in [1.82, 2.24) is 4.57 Å². The fourth-order valence-electron chi connectivity index (χ4n) is 10.7. The van der Waals surface area contributed by atoms with Gasteiger partial charge < -0.3 is 9.47 Å². The van der Waals surface area contributed by atoms with E-state index in [1.807, 2.05) is 0 Å². The lowest BCUT2D eigenvalue weighted by Gasteiger charge is -2.50. The number of benzene rings is 9. The number of aromatic nitrogens is 1. The molecule has 0 saturated heterocycles. The van der Waals surface area contributed by atoms with Crippen molar-refractivity contribution in [2.75, 3.05) is 4.90 Å². The molecule has 12 rings (SSSR count). The molecule has 1 aromatic heterocycles. The Labute approximate surface area is 339 Å². The Morgan fingerprint density at radius 3 is 1.53 bits per heavy atom. The van der Waals surface area contributed by atoms with Gasteiger partial charge in [-0.15, -0.1) is 0 Å². The lowest BCUT2D eigenvalue weighted by Crippen LogP contribution is -2.38. The molecule has 2 aliphatic heterocycles. The minimum Gasteiger partial charge on any atom is -0.309 e. The van der Waals surface area contributed by atoms with Crippen LogP contribution in [0.25, 0.3) is 71.3 Å². The Hall–Kier alpha value is -6.90. The van der Waals surface area contributed by atoms with Crippen molar-refractivity contribution in [3.63, 3.8) is 0 Å². The van der Waals surface area contributed by atoms with Crippen LogP contribution in [0, 0.1) is 0 Å². The van der Waals surface area contributed by atoms with Gasteiger partial charge in [0.2, 0.25) is 0 Å². The smallest absolute Gasteiger partial charge is 0.0603 e. The van der Waals surface area contributed by atoms with E-state index in [1.165, 1.54) is 111 Å². The van der Waals surface area contributed by atoms with Crippen LogP contribution in [0.1, 0.15) is 49.9 Å². The monoisotopic (exact) mass is 742 g/mol. The van der Waals surface area contributed by atoms with Crippen LogP contribution in [0.3, 0.4) is 0 Å². The van der Waals surface area contributed by atoms with Crippen LogP contribution in [-0.2, 0) is 10.8 Å². The number of hydrogen-bond donors (Lipinski definition) is 0. The number of rotatable bonds is 3. The van der Waals surface area contributed by atoms with Crippen molar-refractivity contribution < 1.29 is 0 Å². The van der Waals surface area contributed by atoms with Gasteiger partial charge >= 0.3 is 0 Å². The highest BCUT2D eigenvalue weighted by Gasteiger charge is 2.47. The number of para-hydroxylation sites is 2. The van der Waals surface area contributed by atoms with E-state index < -0.39 is 0 Å². The highest BCUT2D eigenvalue weighted by atomic mass is 15.2. The molecule has 0 saturated carbocycles. The summed E-state index contributed by atoms with van der Waals surface area (Å²) in [7, 11) is 0. The molecule has 0 atom stereocenters. The number of fused-ring (bicyclic) bond motifs is 10. The van der Waals surface area contributed by atoms with Crippen LogP contribution in [0.5, 0.6) is 0 Å². The average Bonchev–Trinajstić information content (AvgIpc) is 3.59. The van der Waals surface area contributed by atoms with Crippen LogP contribution in [0.4, 0.5) is 17.1 Å². The molecule has 0 bridgehead atoms. The topological polar surface area (TPSA) is 8.17 Å². The van der Waals surface area contributed by atoms with Gasteiger partial charge in [0.25, 0.3) is 0 Å². The second kappa shape index (κ2) is 11.8. The van der Waals surface area contributed by atoms with Crippen LogP contribution >= 0.6 is 0 Å². The maximum atomic E-state index is 2.62. The van der Waals surface area contributed by atoms with Crippen molar-refractivity contribution >= 4 is 60.4 Å². The molecule has 276 valence electrons. The highest BCUT2D eigenvalue weighted by Crippen LogP contribution is 2.63. The summed E-state index contributed by atoms with van der Waals surface area (Å²) >= 11 is 0. The standard InChI is InChI=1S/C56H42N2/c1-55(2)46-32-37(42-25-14-18-35-16-8-10-22-40(35)42)28-30-50(46)58-51-31-29-38(43-26-15-19-36-17-9-11-23-41(36)43)33-47(51)56(3,4)52-53-45(34-48(55)54(52)58)44-24-12-13-27-49(44)57(53)39-20-6-5-7-21-39/h5-34H,1-4H3. The molecule has 9 aromatic carbocycles. The van der Waals surface area contributed by atoms with Gasteiger partial charge in [0, 0.05) is 32.9 Å². The van der Waals surface area contributed by atoms with E-state index in [0.29, 0.717) is 0 Å².